The Morgan fingerprint density at radius 2 is 1.87 bits per heavy atom. The standard InChI is InChI=1S/C14H11N3O5S/c1-23(19,20)10-6-4-9(5-7-10)13-16-17-14(22-13)15-12(18)11-3-2-8-21-11/h2-8H,1H3,(H,15,17,18). The molecule has 0 fully saturated rings. The van der Waals surface area contributed by atoms with Crippen LogP contribution in [0, 0.1) is 0 Å². The Kier molecular flexibility index (Phi) is 3.70. The molecule has 9 heteroatoms. The number of furan rings is 1. The molecule has 3 rings (SSSR count). The van der Waals surface area contributed by atoms with Crippen LogP contribution in [0.15, 0.2) is 56.4 Å². The third-order valence-corrected chi connectivity index (χ3v) is 4.05. The highest BCUT2D eigenvalue weighted by molar-refractivity contribution is 7.90. The lowest BCUT2D eigenvalue weighted by atomic mass is 10.2. The molecule has 0 saturated carbocycles. The largest absolute Gasteiger partial charge is 0.459 e. The summed E-state index contributed by atoms with van der Waals surface area (Å²) in [6.45, 7) is 0. The minimum absolute atomic E-state index is 0.0893. The average Bonchev–Trinajstić information content (AvgIpc) is 3.18. The number of rotatable bonds is 4. The van der Waals surface area contributed by atoms with Crippen molar-refractivity contribution in [3.63, 3.8) is 0 Å². The zero-order valence-electron chi connectivity index (χ0n) is 11.9. The number of hydrogen-bond donors (Lipinski definition) is 1. The first kappa shape index (κ1) is 15.0. The van der Waals surface area contributed by atoms with Crippen LogP contribution in [-0.4, -0.2) is 30.8 Å². The molecule has 3 aromatic rings. The fourth-order valence-electron chi connectivity index (χ4n) is 1.80. The van der Waals surface area contributed by atoms with Crippen LogP contribution < -0.4 is 5.32 Å². The molecule has 0 aliphatic rings. The van der Waals surface area contributed by atoms with Gasteiger partial charge in [-0.2, -0.15) is 0 Å². The van der Waals surface area contributed by atoms with E-state index in [1.807, 2.05) is 0 Å². The lowest BCUT2D eigenvalue weighted by Gasteiger charge is -1.99. The molecule has 23 heavy (non-hydrogen) atoms. The predicted octanol–water partition coefficient (Wildman–Crippen LogP) is 1.99. The molecule has 1 amide bonds. The first-order valence-electron chi connectivity index (χ1n) is 6.42. The summed E-state index contributed by atoms with van der Waals surface area (Å²) in [6, 6.07) is 8.96. The second-order valence-corrected chi connectivity index (χ2v) is 6.66. The smallest absolute Gasteiger partial charge is 0.322 e. The third-order valence-electron chi connectivity index (χ3n) is 2.92. The van der Waals surface area contributed by atoms with Crippen LogP contribution in [0.1, 0.15) is 10.6 Å². The van der Waals surface area contributed by atoms with Gasteiger partial charge in [0.2, 0.25) is 5.89 Å². The van der Waals surface area contributed by atoms with E-state index in [0.29, 0.717) is 5.56 Å². The lowest BCUT2D eigenvalue weighted by Crippen LogP contribution is -2.10. The number of anilines is 1. The van der Waals surface area contributed by atoms with Crippen LogP contribution in [0.4, 0.5) is 6.01 Å². The quantitative estimate of drug-likeness (QED) is 0.776. The maximum Gasteiger partial charge on any atom is 0.322 e. The molecule has 0 radical (unpaired) electrons. The fourth-order valence-corrected chi connectivity index (χ4v) is 2.43. The normalized spacial score (nSPS) is 11.3. The molecule has 0 saturated heterocycles. The molecule has 0 spiro atoms. The Morgan fingerprint density at radius 1 is 1.13 bits per heavy atom. The zero-order valence-corrected chi connectivity index (χ0v) is 12.7. The van der Waals surface area contributed by atoms with Gasteiger partial charge in [-0.3, -0.25) is 10.1 Å². The highest BCUT2D eigenvalue weighted by atomic mass is 32.2. The summed E-state index contributed by atoms with van der Waals surface area (Å²) in [6.07, 6.45) is 2.49. The van der Waals surface area contributed by atoms with E-state index in [4.69, 9.17) is 8.83 Å². The van der Waals surface area contributed by atoms with E-state index < -0.39 is 15.7 Å². The number of sulfone groups is 1. The molecule has 1 N–H and O–H groups in total. The zero-order chi connectivity index (χ0) is 16.4. The molecule has 0 unspecified atom stereocenters. The summed E-state index contributed by atoms with van der Waals surface area (Å²) >= 11 is 0. The highest BCUT2D eigenvalue weighted by Crippen LogP contribution is 2.22. The van der Waals surface area contributed by atoms with Crippen LogP contribution in [0.3, 0.4) is 0 Å². The van der Waals surface area contributed by atoms with E-state index in [-0.39, 0.29) is 22.6 Å². The Balaban J connectivity index is 1.78. The number of amides is 1. The van der Waals surface area contributed by atoms with Gasteiger partial charge < -0.3 is 8.83 Å². The van der Waals surface area contributed by atoms with Crippen molar-refractivity contribution in [1.29, 1.82) is 0 Å². The number of aromatic nitrogens is 2. The Morgan fingerprint density at radius 3 is 2.48 bits per heavy atom. The second-order valence-electron chi connectivity index (χ2n) is 4.64. The number of carbonyl (C=O) groups is 1. The molecule has 0 aliphatic heterocycles. The first-order chi connectivity index (χ1) is 10.9. The minimum Gasteiger partial charge on any atom is -0.459 e. The molecule has 0 aliphatic carbocycles. The van der Waals surface area contributed by atoms with E-state index in [9.17, 15) is 13.2 Å². The number of nitrogens with zero attached hydrogens (tertiary/aromatic N) is 2. The molecule has 8 nitrogen and oxygen atoms in total. The van der Waals surface area contributed by atoms with Gasteiger partial charge in [0.05, 0.1) is 11.2 Å². The monoisotopic (exact) mass is 333 g/mol. The van der Waals surface area contributed by atoms with Crippen molar-refractivity contribution >= 4 is 21.8 Å². The van der Waals surface area contributed by atoms with Crippen LogP contribution in [-0.2, 0) is 9.84 Å². The third kappa shape index (κ3) is 3.29. The Bertz CT molecular complexity index is 927. The molecule has 0 atom stereocenters. The summed E-state index contributed by atoms with van der Waals surface area (Å²) in [7, 11) is -3.27. The van der Waals surface area contributed by atoms with Crippen molar-refractivity contribution < 1.29 is 22.0 Å². The molecule has 2 heterocycles. The van der Waals surface area contributed by atoms with E-state index in [0.717, 1.165) is 6.26 Å². The van der Waals surface area contributed by atoms with Gasteiger partial charge in [0, 0.05) is 11.8 Å². The molecule has 118 valence electrons. The van der Waals surface area contributed by atoms with E-state index in [1.54, 1.807) is 18.2 Å². The number of nitrogens with one attached hydrogen (secondary N) is 1. The van der Waals surface area contributed by atoms with Crippen LogP contribution in [0.25, 0.3) is 11.5 Å². The SMILES string of the molecule is CS(=O)(=O)c1ccc(-c2nnc(NC(=O)c3ccco3)o2)cc1. The van der Waals surface area contributed by atoms with Crippen LogP contribution in [0.5, 0.6) is 0 Å². The molecule has 0 bridgehead atoms. The van der Waals surface area contributed by atoms with Crippen molar-refractivity contribution in [2.45, 2.75) is 4.90 Å². The van der Waals surface area contributed by atoms with Crippen LogP contribution in [0.2, 0.25) is 0 Å². The number of hydrogen-bond acceptors (Lipinski definition) is 7. The van der Waals surface area contributed by atoms with Gasteiger partial charge in [-0.25, -0.2) is 8.42 Å². The van der Waals surface area contributed by atoms with Crippen molar-refractivity contribution in [1.82, 2.24) is 10.2 Å². The summed E-state index contributed by atoms with van der Waals surface area (Å²) in [5, 5.41) is 9.91. The van der Waals surface area contributed by atoms with E-state index >= 15 is 0 Å². The Labute approximate surface area is 131 Å². The first-order valence-corrected chi connectivity index (χ1v) is 8.31. The number of benzene rings is 1. The van der Waals surface area contributed by atoms with Gasteiger partial charge in [-0.05, 0) is 36.4 Å². The summed E-state index contributed by atoms with van der Waals surface area (Å²) in [5.74, 6) is -0.250. The minimum atomic E-state index is -3.27. The van der Waals surface area contributed by atoms with E-state index in [1.165, 1.54) is 24.5 Å². The molecular formula is C14H11N3O5S. The second kappa shape index (κ2) is 5.69. The maximum atomic E-state index is 11.8. The van der Waals surface area contributed by atoms with Crippen molar-refractivity contribution in [2.24, 2.45) is 0 Å². The topological polar surface area (TPSA) is 115 Å². The van der Waals surface area contributed by atoms with Gasteiger partial charge in [0.1, 0.15) is 0 Å². The summed E-state index contributed by atoms with van der Waals surface area (Å²) in [4.78, 5) is 12.0. The van der Waals surface area contributed by atoms with Crippen LogP contribution >= 0.6 is 0 Å². The van der Waals surface area contributed by atoms with Crippen molar-refractivity contribution in [3.8, 4) is 11.5 Å². The maximum absolute atomic E-state index is 11.8. The predicted molar refractivity (Wildman–Crippen MR) is 79.5 cm³/mol. The van der Waals surface area contributed by atoms with Gasteiger partial charge in [-0.15, -0.1) is 5.10 Å². The molecule has 1 aromatic carbocycles. The Hall–Kier alpha value is -2.94. The fraction of sp³-hybridized carbons (Fsp3) is 0.0714. The van der Waals surface area contributed by atoms with Crippen molar-refractivity contribution in [2.75, 3.05) is 11.6 Å². The summed E-state index contributed by atoms with van der Waals surface area (Å²) < 4.78 is 33.1. The lowest BCUT2D eigenvalue weighted by molar-refractivity contribution is 0.0994. The molecular weight excluding hydrogens is 322 g/mol. The molecule has 2 aromatic heterocycles. The van der Waals surface area contributed by atoms with Crippen molar-refractivity contribution in [3.05, 3.63) is 48.4 Å². The van der Waals surface area contributed by atoms with Gasteiger partial charge in [0.25, 0.3) is 5.91 Å². The van der Waals surface area contributed by atoms with E-state index in [2.05, 4.69) is 15.5 Å². The average molecular weight is 333 g/mol. The highest BCUT2D eigenvalue weighted by Gasteiger charge is 2.15. The van der Waals surface area contributed by atoms with Gasteiger partial charge in [-0.1, -0.05) is 5.10 Å². The van der Waals surface area contributed by atoms with Gasteiger partial charge in [0.15, 0.2) is 15.6 Å². The van der Waals surface area contributed by atoms with Gasteiger partial charge >= 0.3 is 6.01 Å². The number of carbonyl (C=O) groups excluding carboxylic acids is 1. The summed E-state index contributed by atoms with van der Waals surface area (Å²) in [5.41, 5.74) is 0.531.